The Morgan fingerprint density at radius 2 is 1.59 bits per heavy atom. The molecule has 1 N–H and O–H groups in total. The molecular formula is C27H26N2O2S. The number of amides is 1. The van der Waals surface area contributed by atoms with E-state index in [0.717, 1.165) is 34.9 Å². The smallest absolute Gasteiger partial charge is 0.252 e. The fraction of sp³-hybridized carbons (Fsp3) is 0.185. The van der Waals surface area contributed by atoms with Gasteiger partial charge in [-0.3, -0.25) is 4.79 Å². The highest BCUT2D eigenvalue weighted by Gasteiger charge is 2.23. The predicted molar refractivity (Wildman–Crippen MR) is 132 cm³/mol. The molecule has 0 spiro atoms. The number of nitrogens with one attached hydrogen (secondary N) is 1. The molecule has 4 aromatic rings. The van der Waals surface area contributed by atoms with E-state index in [0.29, 0.717) is 17.8 Å². The average molecular weight is 443 g/mol. The predicted octanol–water partition coefficient (Wildman–Crippen LogP) is 5.14. The number of carbonyl (C=O) groups excluding carboxylic acids is 1. The van der Waals surface area contributed by atoms with E-state index in [1.807, 2.05) is 72.8 Å². The number of aryl methyl sites for hydroxylation is 1. The highest BCUT2D eigenvalue weighted by molar-refractivity contribution is 7.89. The number of hydrogen-bond donors (Lipinski definition) is 1. The van der Waals surface area contributed by atoms with Crippen molar-refractivity contribution < 1.29 is 9.35 Å². The average Bonchev–Trinajstić information content (AvgIpc) is 2.82. The molecular weight excluding hydrogens is 416 g/mol. The standard InChI is InChI=1S/C27H26N2O2S/c1-32(31)19-23-25(27(30)28-18-10-13-20-11-4-2-5-12-20)22-16-8-9-17-24(22)29-26(23)21-14-6-3-7-15-21/h2-9,11-12,14-17H,10,13,18-19H2,1H3,(H,28,30). The van der Waals surface area contributed by atoms with Crippen LogP contribution in [0.25, 0.3) is 22.2 Å². The number of carbonyl (C=O) groups is 1. The van der Waals surface area contributed by atoms with Crippen molar-refractivity contribution in [2.75, 3.05) is 12.8 Å². The van der Waals surface area contributed by atoms with Crippen molar-refractivity contribution in [3.63, 3.8) is 0 Å². The summed E-state index contributed by atoms with van der Waals surface area (Å²) in [4.78, 5) is 18.3. The first-order chi connectivity index (χ1) is 15.6. The van der Waals surface area contributed by atoms with Crippen molar-refractivity contribution in [1.29, 1.82) is 0 Å². The van der Waals surface area contributed by atoms with E-state index in [9.17, 15) is 9.35 Å². The lowest BCUT2D eigenvalue weighted by Crippen LogP contribution is -2.27. The molecule has 4 rings (SSSR count). The summed E-state index contributed by atoms with van der Waals surface area (Å²) in [6, 6.07) is 27.7. The van der Waals surface area contributed by atoms with Gasteiger partial charge >= 0.3 is 0 Å². The lowest BCUT2D eigenvalue weighted by Gasteiger charge is -2.17. The lowest BCUT2D eigenvalue weighted by atomic mass is 9.97. The number of para-hydroxylation sites is 1. The van der Waals surface area contributed by atoms with Crippen LogP contribution in [0.4, 0.5) is 0 Å². The SMILES string of the molecule is C[S+]([O-])Cc1c(-c2ccccc2)nc2ccccc2c1C(=O)NCCCc1ccccc1. The summed E-state index contributed by atoms with van der Waals surface area (Å²) < 4.78 is 12.3. The molecule has 1 aromatic heterocycles. The first-order valence-electron chi connectivity index (χ1n) is 10.7. The van der Waals surface area contributed by atoms with Gasteiger partial charge in [0.25, 0.3) is 5.91 Å². The van der Waals surface area contributed by atoms with E-state index in [4.69, 9.17) is 4.98 Å². The fourth-order valence-electron chi connectivity index (χ4n) is 3.92. The summed E-state index contributed by atoms with van der Waals surface area (Å²) >= 11 is -1.12. The Morgan fingerprint density at radius 3 is 2.31 bits per heavy atom. The first-order valence-corrected chi connectivity index (χ1v) is 12.5. The summed E-state index contributed by atoms with van der Waals surface area (Å²) in [5, 5.41) is 3.87. The van der Waals surface area contributed by atoms with Crippen molar-refractivity contribution in [2.45, 2.75) is 18.6 Å². The molecule has 0 aliphatic rings. The Balaban J connectivity index is 1.68. The second-order valence-electron chi connectivity index (χ2n) is 7.76. The Bertz CT molecular complexity index is 1190. The zero-order chi connectivity index (χ0) is 22.3. The van der Waals surface area contributed by atoms with E-state index in [1.54, 1.807) is 6.26 Å². The summed E-state index contributed by atoms with van der Waals surface area (Å²) in [7, 11) is 0. The maximum atomic E-state index is 13.4. The highest BCUT2D eigenvalue weighted by atomic mass is 32.2. The molecule has 0 saturated heterocycles. The quantitative estimate of drug-likeness (QED) is 0.303. The van der Waals surface area contributed by atoms with Gasteiger partial charge in [0.1, 0.15) is 5.75 Å². The Hall–Kier alpha value is -3.15. The van der Waals surface area contributed by atoms with Crippen LogP contribution in [0.2, 0.25) is 0 Å². The van der Waals surface area contributed by atoms with Crippen molar-refractivity contribution in [3.05, 3.63) is 102 Å². The molecule has 1 heterocycles. The third-order valence-electron chi connectivity index (χ3n) is 5.39. The molecule has 3 aromatic carbocycles. The molecule has 1 amide bonds. The molecule has 0 radical (unpaired) electrons. The fourth-order valence-corrected chi connectivity index (χ4v) is 4.60. The van der Waals surface area contributed by atoms with E-state index in [1.165, 1.54) is 5.56 Å². The number of nitrogens with zero attached hydrogens (tertiary/aromatic N) is 1. The maximum absolute atomic E-state index is 13.4. The van der Waals surface area contributed by atoms with Gasteiger partial charge in [0.2, 0.25) is 0 Å². The topological polar surface area (TPSA) is 65.0 Å². The van der Waals surface area contributed by atoms with Crippen molar-refractivity contribution in [2.24, 2.45) is 0 Å². The molecule has 1 unspecified atom stereocenters. The molecule has 162 valence electrons. The van der Waals surface area contributed by atoms with Gasteiger partial charge in [-0.1, -0.05) is 90.0 Å². The van der Waals surface area contributed by atoms with Crippen LogP contribution in [0.3, 0.4) is 0 Å². The third-order valence-corrected chi connectivity index (χ3v) is 6.08. The largest absolute Gasteiger partial charge is 0.616 e. The summed E-state index contributed by atoms with van der Waals surface area (Å²) in [5.74, 6) is 0.128. The molecule has 0 fully saturated rings. The number of pyridine rings is 1. The van der Waals surface area contributed by atoms with E-state index in [2.05, 4.69) is 17.4 Å². The minimum absolute atomic E-state index is 0.144. The zero-order valence-corrected chi connectivity index (χ0v) is 18.9. The molecule has 5 heteroatoms. The van der Waals surface area contributed by atoms with Gasteiger partial charge in [-0.15, -0.1) is 0 Å². The second-order valence-corrected chi connectivity index (χ2v) is 9.19. The van der Waals surface area contributed by atoms with Gasteiger partial charge in [0.05, 0.1) is 23.0 Å². The van der Waals surface area contributed by atoms with Gasteiger partial charge in [0.15, 0.2) is 0 Å². The monoisotopic (exact) mass is 442 g/mol. The van der Waals surface area contributed by atoms with Gasteiger partial charge in [-0.25, -0.2) is 4.98 Å². The number of rotatable bonds is 8. The lowest BCUT2D eigenvalue weighted by molar-refractivity contribution is 0.0954. The Labute approximate surface area is 191 Å². The number of aromatic nitrogens is 1. The minimum Gasteiger partial charge on any atom is -0.616 e. The van der Waals surface area contributed by atoms with Crippen LogP contribution in [-0.2, 0) is 23.3 Å². The van der Waals surface area contributed by atoms with Crippen LogP contribution >= 0.6 is 0 Å². The molecule has 0 saturated carbocycles. The number of fused-ring (bicyclic) bond motifs is 1. The second kappa shape index (κ2) is 10.4. The minimum atomic E-state index is -1.12. The normalized spacial score (nSPS) is 11.9. The molecule has 0 aliphatic heterocycles. The van der Waals surface area contributed by atoms with E-state index >= 15 is 0 Å². The van der Waals surface area contributed by atoms with Crippen LogP contribution < -0.4 is 5.32 Å². The maximum Gasteiger partial charge on any atom is 0.252 e. The van der Waals surface area contributed by atoms with Crippen LogP contribution in [0, 0.1) is 0 Å². The third kappa shape index (κ3) is 5.18. The van der Waals surface area contributed by atoms with Crippen molar-refractivity contribution in [3.8, 4) is 11.3 Å². The number of benzene rings is 3. The van der Waals surface area contributed by atoms with Gasteiger partial charge in [0, 0.05) is 23.1 Å². The van der Waals surface area contributed by atoms with E-state index in [-0.39, 0.29) is 11.7 Å². The molecule has 0 bridgehead atoms. The van der Waals surface area contributed by atoms with E-state index < -0.39 is 11.2 Å². The van der Waals surface area contributed by atoms with Gasteiger partial charge in [-0.05, 0) is 24.5 Å². The van der Waals surface area contributed by atoms with Crippen molar-refractivity contribution >= 4 is 28.0 Å². The highest BCUT2D eigenvalue weighted by Crippen LogP contribution is 2.31. The summed E-state index contributed by atoms with van der Waals surface area (Å²) in [6.45, 7) is 0.569. The molecule has 1 atom stereocenters. The van der Waals surface area contributed by atoms with Crippen LogP contribution in [0.5, 0.6) is 0 Å². The van der Waals surface area contributed by atoms with Crippen LogP contribution in [0.15, 0.2) is 84.9 Å². The molecule has 4 nitrogen and oxygen atoms in total. The van der Waals surface area contributed by atoms with Gasteiger partial charge < -0.3 is 9.87 Å². The Morgan fingerprint density at radius 1 is 0.938 bits per heavy atom. The number of hydrogen-bond acceptors (Lipinski definition) is 3. The first kappa shape index (κ1) is 22.1. The zero-order valence-electron chi connectivity index (χ0n) is 18.1. The van der Waals surface area contributed by atoms with Crippen molar-refractivity contribution in [1.82, 2.24) is 10.3 Å². The van der Waals surface area contributed by atoms with Gasteiger partial charge in [-0.2, -0.15) is 0 Å². The molecule has 32 heavy (non-hydrogen) atoms. The molecule has 0 aliphatic carbocycles. The van der Waals surface area contributed by atoms with Crippen LogP contribution in [-0.4, -0.2) is 28.2 Å². The summed E-state index contributed by atoms with van der Waals surface area (Å²) in [5.41, 5.74) is 4.95. The van der Waals surface area contributed by atoms with Crippen LogP contribution in [0.1, 0.15) is 27.9 Å². The Kier molecular flexibility index (Phi) is 7.20. The summed E-state index contributed by atoms with van der Waals surface area (Å²) in [6.07, 6.45) is 3.41.